The number of aliphatic carboxylic acids is 1. The summed E-state index contributed by atoms with van der Waals surface area (Å²) in [5.41, 5.74) is 1.99. The highest BCUT2D eigenvalue weighted by molar-refractivity contribution is 5.69. The van der Waals surface area contributed by atoms with Crippen molar-refractivity contribution in [3.05, 3.63) is 65.6 Å². The van der Waals surface area contributed by atoms with Crippen LogP contribution in [0.25, 0.3) is 5.65 Å². The summed E-state index contributed by atoms with van der Waals surface area (Å²) in [7, 11) is 0. The van der Waals surface area contributed by atoms with Crippen LogP contribution in [0.4, 0.5) is 13.2 Å². The topological polar surface area (TPSA) is 75.9 Å². The number of hydrogen-bond acceptors (Lipinski definition) is 4. The average Bonchev–Trinajstić information content (AvgIpc) is 3.02. The van der Waals surface area contributed by atoms with Crippen LogP contribution in [0.2, 0.25) is 0 Å². The second kappa shape index (κ2) is 8.24. The van der Waals surface area contributed by atoms with Gasteiger partial charge in [-0.05, 0) is 43.2 Å². The molecular weight excluding hydrogens is 387 g/mol. The van der Waals surface area contributed by atoms with Gasteiger partial charge in [0, 0.05) is 17.8 Å². The molecule has 3 rings (SSSR count). The highest BCUT2D eigenvalue weighted by Crippen LogP contribution is 2.23. The molecule has 29 heavy (non-hydrogen) atoms. The van der Waals surface area contributed by atoms with E-state index in [1.807, 2.05) is 0 Å². The van der Waals surface area contributed by atoms with Crippen LogP contribution in [0.3, 0.4) is 0 Å². The second-order valence-electron chi connectivity index (χ2n) is 6.10. The molecular formula is C20H16F3N3O3. The van der Waals surface area contributed by atoms with Crippen molar-refractivity contribution in [1.82, 2.24) is 14.7 Å². The molecule has 0 saturated heterocycles. The van der Waals surface area contributed by atoms with Gasteiger partial charge in [-0.25, -0.2) is 4.98 Å². The number of benzene rings is 1. The van der Waals surface area contributed by atoms with Crippen LogP contribution in [-0.4, -0.2) is 33.4 Å². The zero-order valence-electron chi connectivity index (χ0n) is 15.2. The smallest absolute Gasteiger partial charge is 0.480 e. The van der Waals surface area contributed by atoms with Crippen molar-refractivity contribution in [2.45, 2.75) is 19.3 Å². The zero-order valence-corrected chi connectivity index (χ0v) is 15.2. The fourth-order valence-electron chi connectivity index (χ4n) is 2.68. The minimum absolute atomic E-state index is 0.251. The van der Waals surface area contributed by atoms with E-state index in [-0.39, 0.29) is 12.3 Å². The van der Waals surface area contributed by atoms with Gasteiger partial charge < -0.3 is 9.84 Å². The lowest BCUT2D eigenvalue weighted by atomic mass is 10.1. The van der Waals surface area contributed by atoms with Crippen LogP contribution in [0.5, 0.6) is 5.75 Å². The van der Waals surface area contributed by atoms with Gasteiger partial charge in [0.15, 0.2) is 0 Å². The van der Waals surface area contributed by atoms with Gasteiger partial charge in [0.1, 0.15) is 17.1 Å². The summed E-state index contributed by atoms with van der Waals surface area (Å²) in [6.07, 6.45) is -3.03. The molecule has 2 N–H and O–H groups in total. The summed E-state index contributed by atoms with van der Waals surface area (Å²) < 4.78 is 42.9. The number of carboxylic acid groups (broad SMARTS) is 1. The van der Waals surface area contributed by atoms with Gasteiger partial charge in [0.05, 0.1) is 12.2 Å². The fraction of sp³-hybridized carbons (Fsp3) is 0.200. The standard InChI is InChI=1S/C20H16F3N3O3/c1-13(24-12-18(27)28)19-16(26-10-3-2-7-17(26)25-19)9-8-14-5-4-6-15(11-14)29-20(21,22)23/h2-7,10-11,13,24H,12H2,1H3,(H,27,28). The van der Waals surface area contributed by atoms with E-state index in [0.29, 0.717) is 22.6 Å². The van der Waals surface area contributed by atoms with Crippen molar-refractivity contribution in [2.24, 2.45) is 0 Å². The number of aromatic nitrogens is 2. The summed E-state index contributed by atoms with van der Waals surface area (Å²) in [5.74, 6) is 4.39. The van der Waals surface area contributed by atoms with E-state index < -0.39 is 18.4 Å². The number of carboxylic acids is 1. The van der Waals surface area contributed by atoms with Crippen molar-refractivity contribution >= 4 is 11.6 Å². The molecule has 0 radical (unpaired) electrons. The maximum Gasteiger partial charge on any atom is 0.573 e. The van der Waals surface area contributed by atoms with Crippen LogP contribution >= 0.6 is 0 Å². The number of pyridine rings is 1. The molecule has 0 fully saturated rings. The number of nitrogens with one attached hydrogen (secondary N) is 1. The molecule has 0 aliphatic rings. The maximum absolute atomic E-state index is 12.4. The highest BCUT2D eigenvalue weighted by Gasteiger charge is 2.31. The van der Waals surface area contributed by atoms with Crippen molar-refractivity contribution in [3.63, 3.8) is 0 Å². The molecule has 0 bridgehead atoms. The molecule has 9 heteroatoms. The van der Waals surface area contributed by atoms with Crippen LogP contribution in [0, 0.1) is 11.8 Å². The third-order valence-corrected chi connectivity index (χ3v) is 3.92. The van der Waals surface area contributed by atoms with Gasteiger partial charge in [-0.1, -0.05) is 18.1 Å². The van der Waals surface area contributed by atoms with E-state index in [4.69, 9.17) is 5.11 Å². The fourth-order valence-corrected chi connectivity index (χ4v) is 2.68. The Hall–Kier alpha value is -3.51. The van der Waals surface area contributed by atoms with Gasteiger partial charge in [0.2, 0.25) is 0 Å². The van der Waals surface area contributed by atoms with Crippen LogP contribution in [-0.2, 0) is 4.79 Å². The molecule has 1 unspecified atom stereocenters. The number of hydrogen-bond donors (Lipinski definition) is 2. The van der Waals surface area contributed by atoms with Gasteiger partial charge in [0.25, 0.3) is 0 Å². The Bertz CT molecular complexity index is 1100. The lowest BCUT2D eigenvalue weighted by Crippen LogP contribution is -2.26. The number of ether oxygens (including phenoxy) is 1. The molecule has 1 atom stereocenters. The third-order valence-electron chi connectivity index (χ3n) is 3.92. The molecule has 2 heterocycles. The number of fused-ring (bicyclic) bond motifs is 1. The van der Waals surface area contributed by atoms with Crippen molar-refractivity contribution in [1.29, 1.82) is 0 Å². The molecule has 0 amide bonds. The molecule has 3 aromatic rings. The number of imidazole rings is 1. The molecule has 6 nitrogen and oxygen atoms in total. The van der Waals surface area contributed by atoms with Gasteiger partial charge in [-0.2, -0.15) is 0 Å². The van der Waals surface area contributed by atoms with E-state index >= 15 is 0 Å². The first-order valence-corrected chi connectivity index (χ1v) is 8.53. The van der Waals surface area contributed by atoms with E-state index in [2.05, 4.69) is 26.9 Å². The van der Waals surface area contributed by atoms with E-state index in [9.17, 15) is 18.0 Å². The number of halogens is 3. The van der Waals surface area contributed by atoms with E-state index in [1.165, 1.54) is 18.2 Å². The minimum atomic E-state index is -4.79. The lowest BCUT2D eigenvalue weighted by Gasteiger charge is -2.10. The number of rotatable bonds is 5. The van der Waals surface area contributed by atoms with Crippen LogP contribution in [0.1, 0.15) is 29.9 Å². The SMILES string of the molecule is CC(NCC(=O)O)c1nc2ccccn2c1C#Cc1cccc(OC(F)(F)F)c1. The molecule has 1 aromatic carbocycles. The van der Waals surface area contributed by atoms with Crippen molar-refractivity contribution in [3.8, 4) is 17.6 Å². The summed E-state index contributed by atoms with van der Waals surface area (Å²) in [4.78, 5) is 15.3. The van der Waals surface area contributed by atoms with Crippen LogP contribution in [0.15, 0.2) is 48.7 Å². The maximum atomic E-state index is 12.4. The van der Waals surface area contributed by atoms with Gasteiger partial charge >= 0.3 is 12.3 Å². The Morgan fingerprint density at radius 2 is 2.07 bits per heavy atom. The second-order valence-corrected chi connectivity index (χ2v) is 6.10. The van der Waals surface area contributed by atoms with Crippen molar-refractivity contribution < 1.29 is 27.8 Å². The summed E-state index contributed by atoms with van der Waals surface area (Å²) in [5, 5.41) is 11.7. The predicted octanol–water partition coefficient (Wildman–Crippen LogP) is 3.37. The summed E-state index contributed by atoms with van der Waals surface area (Å²) >= 11 is 0. The number of alkyl halides is 3. The Kier molecular flexibility index (Phi) is 5.75. The molecule has 0 saturated carbocycles. The normalized spacial score (nSPS) is 12.3. The first-order chi connectivity index (χ1) is 13.7. The van der Waals surface area contributed by atoms with Crippen molar-refractivity contribution in [2.75, 3.05) is 6.54 Å². The Labute approximate surface area is 163 Å². The Balaban J connectivity index is 1.97. The Morgan fingerprint density at radius 1 is 1.28 bits per heavy atom. The van der Waals surface area contributed by atoms with E-state index in [1.54, 1.807) is 41.8 Å². The summed E-state index contributed by atoms with van der Waals surface area (Å²) in [6, 6.07) is 10.3. The van der Waals surface area contributed by atoms with Gasteiger partial charge in [-0.3, -0.25) is 14.5 Å². The average molecular weight is 403 g/mol. The molecule has 0 spiro atoms. The number of nitrogens with zero attached hydrogens (tertiary/aromatic N) is 2. The lowest BCUT2D eigenvalue weighted by molar-refractivity contribution is -0.274. The zero-order chi connectivity index (χ0) is 21.0. The first-order valence-electron chi connectivity index (χ1n) is 8.53. The third kappa shape index (κ3) is 5.27. The predicted molar refractivity (Wildman–Crippen MR) is 98.4 cm³/mol. The molecule has 2 aromatic heterocycles. The number of carbonyl (C=O) groups is 1. The van der Waals surface area contributed by atoms with Crippen LogP contribution < -0.4 is 10.1 Å². The molecule has 150 valence electrons. The minimum Gasteiger partial charge on any atom is -0.480 e. The quantitative estimate of drug-likeness (QED) is 0.639. The highest BCUT2D eigenvalue weighted by atomic mass is 19.4. The van der Waals surface area contributed by atoms with Gasteiger partial charge in [-0.15, -0.1) is 13.2 Å². The summed E-state index contributed by atoms with van der Waals surface area (Å²) in [6.45, 7) is 1.51. The Morgan fingerprint density at radius 3 is 2.79 bits per heavy atom. The molecule has 0 aliphatic carbocycles. The molecule has 0 aliphatic heterocycles. The largest absolute Gasteiger partial charge is 0.573 e. The van der Waals surface area contributed by atoms with E-state index in [0.717, 1.165) is 0 Å². The monoisotopic (exact) mass is 403 g/mol. The first kappa shape index (κ1) is 20.2.